The minimum Gasteiger partial charge on any atom is -0.489 e. The quantitative estimate of drug-likeness (QED) is 0.474. The highest BCUT2D eigenvalue weighted by atomic mass is 32.2. The van der Waals surface area contributed by atoms with Crippen LogP contribution in [0.3, 0.4) is 0 Å². The third-order valence-corrected chi connectivity index (χ3v) is 6.84. The van der Waals surface area contributed by atoms with E-state index in [0.717, 1.165) is 9.87 Å². The predicted octanol–water partition coefficient (Wildman–Crippen LogP) is 3.03. The zero-order valence-corrected chi connectivity index (χ0v) is 18.4. The van der Waals surface area contributed by atoms with Gasteiger partial charge in [-0.15, -0.1) is 0 Å². The van der Waals surface area contributed by atoms with Crippen LogP contribution in [0, 0.1) is 5.82 Å². The molecule has 174 valence electrons. The van der Waals surface area contributed by atoms with Gasteiger partial charge in [-0.2, -0.15) is 4.31 Å². The number of rotatable bonds is 7. The maximum atomic E-state index is 13.3. The van der Waals surface area contributed by atoms with E-state index >= 15 is 0 Å². The molecule has 1 aliphatic heterocycles. The Hall–Kier alpha value is -2.73. The summed E-state index contributed by atoms with van der Waals surface area (Å²) in [6, 6.07) is 11.6. The van der Waals surface area contributed by atoms with Crippen molar-refractivity contribution in [3.8, 4) is 5.75 Å². The van der Waals surface area contributed by atoms with Gasteiger partial charge in [-0.05, 0) is 55.3 Å². The van der Waals surface area contributed by atoms with E-state index in [-0.39, 0.29) is 30.0 Å². The molecule has 0 saturated carbocycles. The third kappa shape index (κ3) is 5.54. The third-order valence-electron chi connectivity index (χ3n) is 5.00. The van der Waals surface area contributed by atoms with Gasteiger partial charge in [0, 0.05) is 6.54 Å². The Morgan fingerprint density at radius 3 is 2.47 bits per heavy atom. The molecular formula is C21H25FN2O7S. The van der Waals surface area contributed by atoms with Crippen LogP contribution < -0.4 is 10.2 Å². The summed E-state index contributed by atoms with van der Waals surface area (Å²) < 4.78 is 57.1. The van der Waals surface area contributed by atoms with Crippen molar-refractivity contribution >= 4 is 16.1 Å². The summed E-state index contributed by atoms with van der Waals surface area (Å²) in [4.78, 5) is 11.5. The molecule has 0 unspecified atom stereocenters. The number of nitrogens with zero attached hydrogens (tertiary/aromatic N) is 1. The zero-order chi connectivity index (χ0) is 23.3. The van der Waals surface area contributed by atoms with E-state index in [9.17, 15) is 17.6 Å². The number of ether oxygens (including phenoxy) is 3. The summed E-state index contributed by atoms with van der Waals surface area (Å²) in [6.07, 6.45) is -3.02. The fourth-order valence-corrected chi connectivity index (χ4v) is 4.90. The summed E-state index contributed by atoms with van der Waals surface area (Å²) in [5, 5.41) is 8.77. The van der Waals surface area contributed by atoms with E-state index in [2.05, 4.69) is 0 Å². The number of amides is 1. The average molecular weight is 469 g/mol. The van der Waals surface area contributed by atoms with Gasteiger partial charge >= 0.3 is 6.09 Å². The number of morpholine rings is 1. The maximum Gasteiger partial charge on any atom is 0.432 e. The first kappa shape index (κ1) is 23.9. The van der Waals surface area contributed by atoms with Crippen LogP contribution in [0.25, 0.3) is 0 Å². The van der Waals surface area contributed by atoms with Crippen LogP contribution in [0.2, 0.25) is 0 Å². The lowest BCUT2D eigenvalue weighted by atomic mass is 10.2. The van der Waals surface area contributed by atoms with Gasteiger partial charge in [0.1, 0.15) is 24.3 Å². The molecule has 11 heteroatoms. The second kappa shape index (κ2) is 10.3. The van der Waals surface area contributed by atoms with Crippen molar-refractivity contribution in [1.82, 2.24) is 9.79 Å². The summed E-state index contributed by atoms with van der Waals surface area (Å²) in [7, 11) is -4.06. The predicted molar refractivity (Wildman–Crippen MR) is 111 cm³/mol. The monoisotopic (exact) mass is 468 g/mol. The van der Waals surface area contributed by atoms with Gasteiger partial charge in [-0.1, -0.05) is 19.1 Å². The van der Waals surface area contributed by atoms with Crippen LogP contribution in [0.1, 0.15) is 25.8 Å². The van der Waals surface area contributed by atoms with Gasteiger partial charge in [0.05, 0.1) is 11.0 Å². The Labute approximate surface area is 185 Å². The number of hydrogen-bond acceptors (Lipinski definition) is 7. The molecule has 0 spiro atoms. The Balaban J connectivity index is 1.77. The average Bonchev–Trinajstić information content (AvgIpc) is 2.79. The molecule has 2 aromatic carbocycles. The molecule has 3 rings (SSSR count). The van der Waals surface area contributed by atoms with Crippen molar-refractivity contribution in [2.45, 2.75) is 50.2 Å². The number of nitrogens with one attached hydrogen (secondary N) is 1. The van der Waals surface area contributed by atoms with Crippen LogP contribution in [0.4, 0.5) is 9.18 Å². The fourth-order valence-electron chi connectivity index (χ4n) is 3.29. The molecule has 32 heavy (non-hydrogen) atoms. The van der Waals surface area contributed by atoms with Gasteiger partial charge in [0.15, 0.2) is 6.23 Å². The summed E-state index contributed by atoms with van der Waals surface area (Å²) >= 11 is 0. The molecule has 0 bridgehead atoms. The molecule has 9 nitrogen and oxygen atoms in total. The molecule has 0 aliphatic carbocycles. The van der Waals surface area contributed by atoms with Gasteiger partial charge < -0.3 is 14.2 Å². The van der Waals surface area contributed by atoms with E-state index in [4.69, 9.17) is 19.4 Å². The summed E-state index contributed by atoms with van der Waals surface area (Å²) in [5.74, 6) is 0.0901. The molecule has 0 aromatic heterocycles. The first-order valence-corrected chi connectivity index (χ1v) is 11.4. The lowest BCUT2D eigenvalue weighted by Gasteiger charge is -2.41. The van der Waals surface area contributed by atoms with Crippen molar-refractivity contribution in [3.05, 3.63) is 59.9 Å². The highest BCUT2D eigenvalue weighted by Gasteiger charge is 2.43. The summed E-state index contributed by atoms with van der Waals surface area (Å²) in [5.41, 5.74) is 2.09. The summed E-state index contributed by atoms with van der Waals surface area (Å²) in [6.45, 7) is 3.62. The molecule has 1 amide bonds. The van der Waals surface area contributed by atoms with Crippen LogP contribution in [-0.2, 0) is 26.1 Å². The standard InChI is InChI=1S/C21H25FN2O7S/c1-3-17-12-24(20(14(2)30-17)31-21(25)23-26)32(27,28)19-10-8-18(9-11-19)29-13-15-4-6-16(22)7-5-15/h4-11,14,17,20,26H,3,12-13H2,1-2H3,(H,23,25)/t14-,17-,20+/m0/s1. The van der Waals surface area contributed by atoms with Gasteiger partial charge in [0.25, 0.3) is 0 Å². The van der Waals surface area contributed by atoms with Crippen molar-refractivity contribution in [1.29, 1.82) is 0 Å². The number of halogens is 1. The number of sulfonamides is 1. The molecule has 1 saturated heterocycles. The van der Waals surface area contributed by atoms with Crippen LogP contribution in [0.5, 0.6) is 5.75 Å². The molecule has 3 atom stereocenters. The van der Waals surface area contributed by atoms with Crippen molar-refractivity contribution < 1.29 is 37.0 Å². The Kier molecular flexibility index (Phi) is 7.67. The first-order valence-electron chi connectivity index (χ1n) is 10.00. The van der Waals surface area contributed by atoms with E-state index in [1.165, 1.54) is 41.9 Å². The number of hydroxylamine groups is 1. The lowest BCUT2D eigenvalue weighted by molar-refractivity contribution is -0.156. The highest BCUT2D eigenvalue weighted by molar-refractivity contribution is 7.89. The second-order valence-corrected chi connectivity index (χ2v) is 9.13. The largest absolute Gasteiger partial charge is 0.489 e. The zero-order valence-electron chi connectivity index (χ0n) is 17.6. The Morgan fingerprint density at radius 1 is 1.22 bits per heavy atom. The SMILES string of the molecule is CC[C@H]1CN(S(=O)(=O)c2ccc(OCc3ccc(F)cc3)cc2)[C@H](OC(=O)NO)[C@H](C)O1. The minimum atomic E-state index is -4.06. The molecule has 2 aromatic rings. The van der Waals surface area contributed by atoms with Gasteiger partial charge in [0.2, 0.25) is 10.0 Å². The number of hydrogen-bond donors (Lipinski definition) is 2. The van der Waals surface area contributed by atoms with Crippen LogP contribution >= 0.6 is 0 Å². The second-order valence-electron chi connectivity index (χ2n) is 7.24. The highest BCUT2D eigenvalue weighted by Crippen LogP contribution is 2.29. The Morgan fingerprint density at radius 2 is 1.88 bits per heavy atom. The molecule has 0 radical (unpaired) electrons. The number of benzene rings is 2. The van der Waals surface area contributed by atoms with E-state index < -0.39 is 28.4 Å². The molecule has 2 N–H and O–H groups in total. The Bertz CT molecular complexity index is 1020. The van der Waals surface area contributed by atoms with Gasteiger partial charge in [-0.25, -0.2) is 23.1 Å². The lowest BCUT2D eigenvalue weighted by Crippen LogP contribution is -2.58. The fraction of sp³-hybridized carbons (Fsp3) is 0.381. The molecule has 1 fully saturated rings. The van der Waals surface area contributed by atoms with Gasteiger partial charge in [-0.3, -0.25) is 5.21 Å². The van der Waals surface area contributed by atoms with Crippen molar-refractivity contribution in [2.75, 3.05) is 6.54 Å². The molecule has 1 aliphatic rings. The van der Waals surface area contributed by atoms with Crippen molar-refractivity contribution in [2.24, 2.45) is 0 Å². The van der Waals surface area contributed by atoms with Crippen molar-refractivity contribution in [3.63, 3.8) is 0 Å². The maximum absolute atomic E-state index is 13.3. The van der Waals surface area contributed by atoms with E-state index in [1.54, 1.807) is 19.1 Å². The topological polar surface area (TPSA) is 114 Å². The smallest absolute Gasteiger partial charge is 0.432 e. The van der Waals surface area contributed by atoms with Crippen LogP contribution in [0.15, 0.2) is 53.4 Å². The van der Waals surface area contributed by atoms with E-state index in [1.807, 2.05) is 6.92 Å². The normalized spacial score (nSPS) is 21.7. The van der Waals surface area contributed by atoms with Crippen LogP contribution in [-0.4, -0.2) is 49.0 Å². The number of carbonyl (C=O) groups excluding carboxylic acids is 1. The first-order chi connectivity index (χ1) is 15.2. The molecular weight excluding hydrogens is 443 g/mol. The number of carbonyl (C=O) groups is 1. The van der Waals surface area contributed by atoms with E-state index in [0.29, 0.717) is 12.2 Å². The minimum absolute atomic E-state index is 0.0185. The molecule has 1 heterocycles.